The highest BCUT2D eigenvalue weighted by molar-refractivity contribution is 5.40. The van der Waals surface area contributed by atoms with Gasteiger partial charge in [-0.15, -0.1) is 0 Å². The molecule has 1 aromatic carbocycles. The maximum atomic E-state index is 13.3. The van der Waals surface area contributed by atoms with E-state index in [0.29, 0.717) is 13.2 Å². The van der Waals surface area contributed by atoms with E-state index in [2.05, 4.69) is 18.8 Å². The molecule has 0 fully saturated rings. The molecule has 2 N–H and O–H groups in total. The van der Waals surface area contributed by atoms with E-state index >= 15 is 0 Å². The van der Waals surface area contributed by atoms with E-state index in [1.54, 1.807) is 12.1 Å². The number of halogens is 1. The Morgan fingerprint density at radius 3 is 2.94 bits per heavy atom. The Bertz CT molecular complexity index is 393. The van der Waals surface area contributed by atoms with Gasteiger partial charge >= 0.3 is 0 Å². The average molecular weight is 221 g/mol. The summed E-state index contributed by atoms with van der Waals surface area (Å²) in [5, 5.41) is 0. The summed E-state index contributed by atoms with van der Waals surface area (Å²) in [6.07, 6.45) is 1.94. The lowest BCUT2D eigenvalue weighted by Crippen LogP contribution is -1.99. The number of unbranched alkanes of at least 4 members (excludes halogenated alkanes) is 1. The molecule has 0 aliphatic heterocycles. The molecule has 0 saturated heterocycles. The standard InChI is InChI=1S/C13H16FNO/c1-2-3-9-16-13-10-11(5-4-8-15)6-7-12(13)14/h6-7,10H,2-3,8-9,15H2,1H3. The van der Waals surface area contributed by atoms with Crippen LogP contribution in [0.2, 0.25) is 0 Å². The van der Waals surface area contributed by atoms with Crippen LogP contribution in [0.1, 0.15) is 25.3 Å². The molecule has 1 aromatic rings. The van der Waals surface area contributed by atoms with E-state index in [4.69, 9.17) is 10.5 Å². The van der Waals surface area contributed by atoms with Crippen LogP contribution in [0.4, 0.5) is 4.39 Å². The summed E-state index contributed by atoms with van der Waals surface area (Å²) in [7, 11) is 0. The lowest BCUT2D eigenvalue weighted by molar-refractivity contribution is 0.294. The zero-order chi connectivity index (χ0) is 11.8. The van der Waals surface area contributed by atoms with E-state index in [1.165, 1.54) is 6.07 Å². The minimum absolute atomic E-state index is 0.261. The number of hydrogen-bond acceptors (Lipinski definition) is 2. The first-order valence-electron chi connectivity index (χ1n) is 5.39. The van der Waals surface area contributed by atoms with Crippen LogP contribution in [-0.2, 0) is 0 Å². The van der Waals surface area contributed by atoms with Crippen LogP contribution in [0.25, 0.3) is 0 Å². The van der Waals surface area contributed by atoms with Gasteiger partial charge in [0.2, 0.25) is 0 Å². The van der Waals surface area contributed by atoms with Crippen LogP contribution in [0, 0.1) is 17.7 Å². The Hall–Kier alpha value is -1.53. The second-order valence-electron chi connectivity index (χ2n) is 3.35. The van der Waals surface area contributed by atoms with E-state index in [1.807, 2.05) is 0 Å². The number of rotatable bonds is 4. The van der Waals surface area contributed by atoms with Gasteiger partial charge in [-0.1, -0.05) is 25.2 Å². The van der Waals surface area contributed by atoms with Gasteiger partial charge < -0.3 is 10.5 Å². The van der Waals surface area contributed by atoms with Crippen LogP contribution >= 0.6 is 0 Å². The van der Waals surface area contributed by atoms with Gasteiger partial charge in [-0.3, -0.25) is 0 Å². The monoisotopic (exact) mass is 221 g/mol. The van der Waals surface area contributed by atoms with Crippen molar-refractivity contribution < 1.29 is 9.13 Å². The van der Waals surface area contributed by atoms with Gasteiger partial charge in [0.1, 0.15) is 0 Å². The van der Waals surface area contributed by atoms with Gasteiger partial charge in [0.25, 0.3) is 0 Å². The van der Waals surface area contributed by atoms with Crippen molar-refractivity contribution in [3.8, 4) is 17.6 Å². The second-order valence-corrected chi connectivity index (χ2v) is 3.35. The molecule has 0 saturated carbocycles. The quantitative estimate of drug-likeness (QED) is 0.625. The molecule has 0 aliphatic carbocycles. The van der Waals surface area contributed by atoms with Gasteiger partial charge in [-0.05, 0) is 24.6 Å². The van der Waals surface area contributed by atoms with Crippen LogP contribution in [-0.4, -0.2) is 13.2 Å². The largest absolute Gasteiger partial charge is 0.490 e. The van der Waals surface area contributed by atoms with Gasteiger partial charge in [0, 0.05) is 5.56 Å². The topological polar surface area (TPSA) is 35.2 Å². The van der Waals surface area contributed by atoms with Gasteiger partial charge in [0.05, 0.1) is 13.2 Å². The molecule has 3 heteroatoms. The molecule has 1 rings (SSSR count). The maximum Gasteiger partial charge on any atom is 0.165 e. The van der Waals surface area contributed by atoms with Crippen molar-refractivity contribution >= 4 is 0 Å². The molecular formula is C13H16FNO. The molecule has 0 bridgehead atoms. The third-order valence-electron chi connectivity index (χ3n) is 2.02. The average Bonchev–Trinajstić information content (AvgIpc) is 2.30. The summed E-state index contributed by atoms with van der Waals surface area (Å²) in [5.74, 6) is 5.47. The fourth-order valence-electron chi connectivity index (χ4n) is 1.17. The Kier molecular flexibility index (Phi) is 5.38. The molecule has 0 atom stereocenters. The first-order valence-corrected chi connectivity index (χ1v) is 5.39. The van der Waals surface area contributed by atoms with Crippen LogP contribution < -0.4 is 10.5 Å². The smallest absolute Gasteiger partial charge is 0.165 e. The SMILES string of the molecule is CCCCOc1cc(C#CCN)ccc1F. The third kappa shape index (κ3) is 3.92. The molecule has 0 aliphatic rings. The van der Waals surface area contributed by atoms with Crippen LogP contribution in [0.3, 0.4) is 0 Å². The predicted octanol–water partition coefficient (Wildman–Crippen LogP) is 2.31. The van der Waals surface area contributed by atoms with Crippen molar-refractivity contribution in [3.63, 3.8) is 0 Å². The molecule has 0 amide bonds. The normalized spacial score (nSPS) is 9.44. The van der Waals surface area contributed by atoms with E-state index < -0.39 is 0 Å². The Balaban J connectivity index is 2.74. The fourth-order valence-corrected chi connectivity index (χ4v) is 1.17. The van der Waals surface area contributed by atoms with Crippen molar-refractivity contribution in [2.45, 2.75) is 19.8 Å². The summed E-state index contributed by atoms with van der Waals surface area (Å²) in [6.45, 7) is 2.88. The van der Waals surface area contributed by atoms with Gasteiger partial charge in [0.15, 0.2) is 11.6 Å². The van der Waals surface area contributed by atoms with Crippen molar-refractivity contribution in [1.29, 1.82) is 0 Å². The molecule has 0 unspecified atom stereocenters. The van der Waals surface area contributed by atoms with Crippen molar-refractivity contribution in [2.24, 2.45) is 5.73 Å². The lowest BCUT2D eigenvalue weighted by Gasteiger charge is -2.06. The van der Waals surface area contributed by atoms with Crippen LogP contribution in [0.5, 0.6) is 5.75 Å². The van der Waals surface area contributed by atoms with E-state index in [9.17, 15) is 4.39 Å². The molecule has 16 heavy (non-hydrogen) atoms. The van der Waals surface area contributed by atoms with Crippen molar-refractivity contribution in [3.05, 3.63) is 29.6 Å². The summed E-state index contributed by atoms with van der Waals surface area (Å²) in [5.41, 5.74) is 5.98. The molecule has 86 valence electrons. The van der Waals surface area contributed by atoms with Crippen molar-refractivity contribution in [2.75, 3.05) is 13.2 Å². The van der Waals surface area contributed by atoms with Gasteiger partial charge in [-0.2, -0.15) is 0 Å². The fraction of sp³-hybridized carbons (Fsp3) is 0.385. The highest BCUT2D eigenvalue weighted by atomic mass is 19.1. The van der Waals surface area contributed by atoms with E-state index in [-0.39, 0.29) is 11.6 Å². The third-order valence-corrected chi connectivity index (χ3v) is 2.02. The molecule has 0 aromatic heterocycles. The molecular weight excluding hydrogens is 205 g/mol. The first kappa shape index (κ1) is 12.5. The highest BCUT2D eigenvalue weighted by Gasteiger charge is 2.03. The summed E-state index contributed by atoms with van der Waals surface area (Å²) >= 11 is 0. The highest BCUT2D eigenvalue weighted by Crippen LogP contribution is 2.18. The number of ether oxygens (including phenoxy) is 1. The maximum absolute atomic E-state index is 13.3. The van der Waals surface area contributed by atoms with Crippen molar-refractivity contribution in [1.82, 2.24) is 0 Å². The number of nitrogens with two attached hydrogens (primary N) is 1. The molecule has 0 heterocycles. The van der Waals surface area contributed by atoms with E-state index in [0.717, 1.165) is 18.4 Å². The molecule has 2 nitrogen and oxygen atoms in total. The Labute approximate surface area is 95.6 Å². The lowest BCUT2D eigenvalue weighted by atomic mass is 10.2. The van der Waals surface area contributed by atoms with Crippen LogP contribution in [0.15, 0.2) is 18.2 Å². The zero-order valence-electron chi connectivity index (χ0n) is 9.42. The minimum atomic E-state index is -0.352. The summed E-state index contributed by atoms with van der Waals surface area (Å²) in [4.78, 5) is 0. The predicted molar refractivity (Wildman–Crippen MR) is 62.7 cm³/mol. The Morgan fingerprint density at radius 1 is 1.44 bits per heavy atom. The number of benzene rings is 1. The molecule has 0 spiro atoms. The zero-order valence-corrected chi connectivity index (χ0v) is 9.42. The second kappa shape index (κ2) is 6.86. The Morgan fingerprint density at radius 2 is 2.25 bits per heavy atom. The molecule has 0 radical (unpaired) electrons. The number of hydrogen-bond donors (Lipinski definition) is 1. The first-order chi connectivity index (χ1) is 7.77. The summed E-state index contributed by atoms with van der Waals surface area (Å²) < 4.78 is 18.6. The summed E-state index contributed by atoms with van der Waals surface area (Å²) in [6, 6.07) is 4.58. The minimum Gasteiger partial charge on any atom is -0.490 e. The van der Waals surface area contributed by atoms with Gasteiger partial charge in [-0.25, -0.2) is 4.39 Å².